The number of ether oxygens (including phenoxy) is 1. The zero-order valence-electron chi connectivity index (χ0n) is 18.5. The third kappa shape index (κ3) is 8.88. The number of Topliss-reactive ketones (excluding diaryl/α,β-unsaturated/α-hetero) is 1. The van der Waals surface area contributed by atoms with Gasteiger partial charge in [0, 0.05) is 5.69 Å². The van der Waals surface area contributed by atoms with E-state index in [-0.39, 0.29) is 12.2 Å². The van der Waals surface area contributed by atoms with Crippen molar-refractivity contribution in [2.24, 2.45) is 0 Å². The van der Waals surface area contributed by atoms with E-state index in [4.69, 9.17) is 4.74 Å². The molecule has 1 atom stereocenters. The Labute approximate surface area is 184 Å². The summed E-state index contributed by atoms with van der Waals surface area (Å²) >= 11 is 1.46. The molecule has 1 aromatic carbocycles. The molecular weight excluding hydrogens is 402 g/mol. The molecule has 1 aromatic rings. The Morgan fingerprint density at radius 3 is 2.43 bits per heavy atom. The number of ketones is 1. The van der Waals surface area contributed by atoms with E-state index in [0.29, 0.717) is 5.69 Å². The lowest BCUT2D eigenvalue weighted by molar-refractivity contribution is -0.137. The molecule has 0 saturated carbocycles. The minimum atomic E-state index is -1.77. The summed E-state index contributed by atoms with van der Waals surface area (Å²) in [5, 5.41) is 12.8. The SMILES string of the molecule is CCCCCCCCSC(C)(C)C(=O)C(O)C(=O)Nc1cccc(C(=O)OCC)c1. The van der Waals surface area contributed by atoms with Gasteiger partial charge in [0.25, 0.3) is 5.91 Å². The van der Waals surface area contributed by atoms with Crippen LogP contribution in [-0.4, -0.2) is 46.0 Å². The van der Waals surface area contributed by atoms with E-state index in [0.717, 1.165) is 18.6 Å². The van der Waals surface area contributed by atoms with Crippen molar-refractivity contribution in [3.63, 3.8) is 0 Å². The van der Waals surface area contributed by atoms with Gasteiger partial charge in [-0.2, -0.15) is 0 Å². The number of unbranched alkanes of at least 4 members (excludes halogenated alkanes) is 5. The molecule has 7 heteroatoms. The minimum Gasteiger partial charge on any atom is -0.462 e. The Morgan fingerprint density at radius 2 is 1.77 bits per heavy atom. The number of benzene rings is 1. The number of thioether (sulfide) groups is 1. The van der Waals surface area contributed by atoms with Crippen LogP contribution < -0.4 is 5.32 Å². The van der Waals surface area contributed by atoms with Crippen LogP contribution in [-0.2, 0) is 14.3 Å². The van der Waals surface area contributed by atoms with Crippen LogP contribution in [0.15, 0.2) is 24.3 Å². The van der Waals surface area contributed by atoms with Crippen LogP contribution >= 0.6 is 11.8 Å². The van der Waals surface area contributed by atoms with Crippen molar-refractivity contribution in [1.82, 2.24) is 0 Å². The first-order chi connectivity index (χ1) is 14.2. The number of carbonyl (C=O) groups excluding carboxylic acids is 3. The summed E-state index contributed by atoms with van der Waals surface area (Å²) < 4.78 is 4.07. The highest BCUT2D eigenvalue weighted by atomic mass is 32.2. The molecule has 0 aromatic heterocycles. The van der Waals surface area contributed by atoms with Crippen molar-refractivity contribution in [2.45, 2.75) is 77.1 Å². The Hall–Kier alpha value is -1.86. The van der Waals surface area contributed by atoms with Gasteiger partial charge in [0.15, 0.2) is 11.9 Å². The van der Waals surface area contributed by atoms with E-state index >= 15 is 0 Å². The summed E-state index contributed by atoms with van der Waals surface area (Å²) in [5.41, 5.74) is 0.597. The first-order valence-electron chi connectivity index (χ1n) is 10.7. The van der Waals surface area contributed by atoms with Gasteiger partial charge in [-0.1, -0.05) is 45.1 Å². The number of hydrogen-bond donors (Lipinski definition) is 2. The van der Waals surface area contributed by atoms with Crippen LogP contribution in [0.5, 0.6) is 0 Å². The highest BCUT2D eigenvalue weighted by molar-refractivity contribution is 8.01. The van der Waals surface area contributed by atoms with E-state index in [2.05, 4.69) is 12.2 Å². The molecule has 1 unspecified atom stereocenters. The second kappa shape index (κ2) is 13.4. The number of rotatable bonds is 14. The van der Waals surface area contributed by atoms with Crippen LogP contribution in [0.3, 0.4) is 0 Å². The average molecular weight is 438 g/mol. The molecule has 30 heavy (non-hydrogen) atoms. The number of esters is 1. The largest absolute Gasteiger partial charge is 0.462 e. The van der Waals surface area contributed by atoms with Gasteiger partial charge in [0.2, 0.25) is 0 Å². The summed E-state index contributed by atoms with van der Waals surface area (Å²) in [7, 11) is 0. The summed E-state index contributed by atoms with van der Waals surface area (Å²) in [5.74, 6) is -1.04. The molecule has 0 saturated heterocycles. The van der Waals surface area contributed by atoms with Crippen LogP contribution in [0.1, 0.15) is 76.6 Å². The molecule has 0 heterocycles. The molecule has 0 fully saturated rings. The number of hydrogen-bond acceptors (Lipinski definition) is 6. The maximum Gasteiger partial charge on any atom is 0.338 e. The highest BCUT2D eigenvalue weighted by Crippen LogP contribution is 2.28. The molecule has 0 radical (unpaired) electrons. The van der Waals surface area contributed by atoms with Crippen molar-refractivity contribution in [1.29, 1.82) is 0 Å². The first-order valence-corrected chi connectivity index (χ1v) is 11.7. The van der Waals surface area contributed by atoms with E-state index in [9.17, 15) is 19.5 Å². The van der Waals surface area contributed by atoms with Gasteiger partial charge < -0.3 is 15.2 Å². The summed E-state index contributed by atoms with van der Waals surface area (Å²) in [4.78, 5) is 36.8. The van der Waals surface area contributed by atoms with E-state index in [1.54, 1.807) is 39.0 Å². The van der Waals surface area contributed by atoms with Crippen LogP contribution in [0.4, 0.5) is 5.69 Å². The number of aliphatic hydroxyl groups excluding tert-OH is 1. The molecule has 6 nitrogen and oxygen atoms in total. The molecule has 0 spiro atoms. The molecule has 1 rings (SSSR count). The zero-order chi connectivity index (χ0) is 22.6. The Bertz CT molecular complexity index is 705. The topological polar surface area (TPSA) is 92.7 Å². The van der Waals surface area contributed by atoms with Crippen LogP contribution in [0.25, 0.3) is 0 Å². The van der Waals surface area contributed by atoms with Gasteiger partial charge in [-0.25, -0.2) is 4.79 Å². The Balaban J connectivity index is 2.57. The fourth-order valence-electron chi connectivity index (χ4n) is 2.88. The molecule has 0 aliphatic carbocycles. The number of nitrogens with one attached hydrogen (secondary N) is 1. The fraction of sp³-hybridized carbons (Fsp3) is 0.609. The summed E-state index contributed by atoms with van der Waals surface area (Å²) in [6.07, 6.45) is 5.25. The molecule has 168 valence electrons. The third-order valence-electron chi connectivity index (χ3n) is 4.69. The lowest BCUT2D eigenvalue weighted by Gasteiger charge is -2.25. The smallest absolute Gasteiger partial charge is 0.338 e. The predicted octanol–water partition coefficient (Wildman–Crippen LogP) is 4.60. The second-order valence-corrected chi connectivity index (χ2v) is 9.40. The van der Waals surface area contributed by atoms with Crippen LogP contribution in [0.2, 0.25) is 0 Å². The quantitative estimate of drug-likeness (QED) is 0.251. The number of aliphatic hydroxyl groups is 1. The molecule has 0 aliphatic heterocycles. The van der Waals surface area contributed by atoms with Crippen LogP contribution in [0, 0.1) is 0 Å². The first kappa shape index (κ1) is 26.2. The van der Waals surface area contributed by atoms with Crippen molar-refractivity contribution in [3.05, 3.63) is 29.8 Å². The number of anilines is 1. The van der Waals surface area contributed by atoms with E-state index < -0.39 is 28.5 Å². The molecule has 1 amide bonds. The van der Waals surface area contributed by atoms with Crippen molar-refractivity contribution in [2.75, 3.05) is 17.7 Å². The minimum absolute atomic E-state index is 0.244. The highest BCUT2D eigenvalue weighted by Gasteiger charge is 2.36. The summed E-state index contributed by atoms with van der Waals surface area (Å²) in [6.45, 7) is 7.60. The van der Waals surface area contributed by atoms with Gasteiger partial charge in [0.05, 0.1) is 16.9 Å². The molecular formula is C23H35NO5S. The fourth-order valence-corrected chi connectivity index (χ4v) is 3.99. The average Bonchev–Trinajstić information content (AvgIpc) is 2.72. The van der Waals surface area contributed by atoms with Crippen molar-refractivity contribution >= 4 is 35.1 Å². The monoisotopic (exact) mass is 437 g/mol. The molecule has 0 aliphatic rings. The van der Waals surface area contributed by atoms with Gasteiger partial charge in [-0.05, 0) is 51.1 Å². The maximum atomic E-state index is 12.7. The van der Waals surface area contributed by atoms with Crippen molar-refractivity contribution in [3.8, 4) is 0 Å². The van der Waals surface area contributed by atoms with Gasteiger partial charge >= 0.3 is 5.97 Å². The standard InChI is InChI=1S/C23H35NO5S/c1-5-7-8-9-10-11-15-30-23(3,4)20(26)19(25)21(27)24-18-14-12-13-17(16-18)22(28)29-6-2/h12-14,16,19,25H,5-11,15H2,1-4H3,(H,24,27). The summed E-state index contributed by atoms with van der Waals surface area (Å²) in [6, 6.07) is 6.19. The second-order valence-electron chi connectivity index (χ2n) is 7.68. The predicted molar refractivity (Wildman–Crippen MR) is 122 cm³/mol. The Kier molecular flexibility index (Phi) is 11.7. The zero-order valence-corrected chi connectivity index (χ0v) is 19.3. The lowest BCUT2D eigenvalue weighted by Crippen LogP contribution is -2.44. The Morgan fingerprint density at radius 1 is 1.10 bits per heavy atom. The molecule has 0 bridgehead atoms. The van der Waals surface area contributed by atoms with Gasteiger partial charge in [-0.15, -0.1) is 11.8 Å². The normalized spacial score (nSPS) is 12.3. The van der Waals surface area contributed by atoms with E-state index in [1.807, 2.05) is 0 Å². The van der Waals surface area contributed by atoms with E-state index in [1.165, 1.54) is 43.5 Å². The third-order valence-corrected chi connectivity index (χ3v) is 6.11. The molecule has 2 N–H and O–H groups in total. The number of carbonyl (C=O) groups is 3. The lowest BCUT2D eigenvalue weighted by atomic mass is 10.0. The maximum absolute atomic E-state index is 12.7. The van der Waals surface area contributed by atoms with Gasteiger partial charge in [-0.3, -0.25) is 9.59 Å². The van der Waals surface area contributed by atoms with Crippen molar-refractivity contribution < 1.29 is 24.2 Å². The van der Waals surface area contributed by atoms with Gasteiger partial charge in [0.1, 0.15) is 0 Å². The number of amides is 1.